The number of carbonyl (C=O) groups is 2. The summed E-state index contributed by atoms with van der Waals surface area (Å²) in [4.78, 5) is 36.5. The monoisotopic (exact) mass is 458 g/mol. The van der Waals surface area contributed by atoms with Crippen LogP contribution in [0.5, 0.6) is 0 Å². The van der Waals surface area contributed by atoms with E-state index in [0.29, 0.717) is 26.2 Å². The minimum atomic E-state index is -0.313. The van der Waals surface area contributed by atoms with Crippen molar-refractivity contribution in [2.75, 3.05) is 19.6 Å². The molecule has 1 unspecified atom stereocenters. The molecule has 0 radical (unpaired) electrons. The Morgan fingerprint density at radius 2 is 2.29 bits per heavy atom. The first kappa shape index (κ1) is 19.0. The fourth-order valence-corrected chi connectivity index (χ4v) is 4.72. The predicted molar refractivity (Wildman–Crippen MR) is 114 cm³/mol. The summed E-state index contributed by atoms with van der Waals surface area (Å²) in [6.45, 7) is 2.30. The van der Waals surface area contributed by atoms with Gasteiger partial charge in [0.2, 0.25) is 5.91 Å². The number of halogens is 1. The minimum Gasteiger partial charge on any atom is -0.357 e. The van der Waals surface area contributed by atoms with Crippen molar-refractivity contribution in [1.82, 2.24) is 19.8 Å². The van der Waals surface area contributed by atoms with E-state index in [4.69, 9.17) is 0 Å². The molecule has 1 saturated heterocycles. The first-order chi connectivity index (χ1) is 13.6. The Labute approximate surface area is 175 Å². The summed E-state index contributed by atoms with van der Waals surface area (Å²) in [6.07, 6.45) is 7.91. The molecule has 6 nitrogen and oxygen atoms in total. The summed E-state index contributed by atoms with van der Waals surface area (Å²) in [5.41, 5.74) is 2.07. The first-order valence-corrected chi connectivity index (χ1v) is 10.6. The Bertz CT molecular complexity index is 995. The fourth-order valence-electron chi connectivity index (χ4n) is 3.38. The fraction of sp³-hybridized carbons (Fsp3) is 0.250. The van der Waals surface area contributed by atoms with Crippen molar-refractivity contribution in [3.63, 3.8) is 0 Å². The zero-order chi connectivity index (χ0) is 19.5. The summed E-state index contributed by atoms with van der Waals surface area (Å²) in [6, 6.07) is 5.65. The second-order valence-corrected chi connectivity index (χ2v) is 8.57. The van der Waals surface area contributed by atoms with E-state index in [9.17, 15) is 9.59 Å². The molecular weight excluding hydrogens is 440 g/mol. The van der Waals surface area contributed by atoms with Gasteiger partial charge in [0.15, 0.2) is 0 Å². The highest BCUT2D eigenvalue weighted by Crippen LogP contribution is 2.21. The van der Waals surface area contributed by atoms with Gasteiger partial charge in [0.05, 0.1) is 6.04 Å². The van der Waals surface area contributed by atoms with E-state index in [1.165, 1.54) is 0 Å². The third-order valence-corrected chi connectivity index (χ3v) is 6.49. The van der Waals surface area contributed by atoms with Gasteiger partial charge in [0.25, 0.3) is 0 Å². The van der Waals surface area contributed by atoms with E-state index < -0.39 is 0 Å². The Hall–Kier alpha value is -2.29. The van der Waals surface area contributed by atoms with Crippen molar-refractivity contribution in [2.45, 2.75) is 12.6 Å². The number of aromatic amines is 1. The highest BCUT2D eigenvalue weighted by molar-refractivity contribution is 9.10. The minimum absolute atomic E-state index is 0.0623. The van der Waals surface area contributed by atoms with E-state index in [1.807, 2.05) is 29.8 Å². The van der Waals surface area contributed by atoms with Gasteiger partial charge >= 0.3 is 0 Å². The molecule has 28 heavy (non-hydrogen) atoms. The van der Waals surface area contributed by atoms with E-state index in [1.54, 1.807) is 28.5 Å². The summed E-state index contributed by atoms with van der Waals surface area (Å²) < 4.78 is 1.01. The van der Waals surface area contributed by atoms with Gasteiger partial charge in [-0.15, -0.1) is 11.3 Å². The molecule has 4 rings (SSSR count). The topological polar surface area (TPSA) is 69.3 Å². The molecule has 3 aromatic heterocycles. The number of hydrogen-bond donors (Lipinski definition) is 1. The summed E-state index contributed by atoms with van der Waals surface area (Å²) in [5, 5.41) is 3.03. The molecule has 0 saturated carbocycles. The molecule has 1 aliphatic heterocycles. The van der Waals surface area contributed by atoms with Gasteiger partial charge in [-0.2, -0.15) is 0 Å². The Balaban J connectivity index is 1.39. The van der Waals surface area contributed by atoms with Crippen LogP contribution in [0.3, 0.4) is 0 Å². The average molecular weight is 459 g/mol. The molecule has 1 atom stereocenters. The molecule has 3 aromatic rings. The molecule has 1 fully saturated rings. The van der Waals surface area contributed by atoms with Gasteiger partial charge in [0.1, 0.15) is 6.29 Å². The van der Waals surface area contributed by atoms with Crippen LogP contribution in [0.15, 0.2) is 46.5 Å². The maximum absolute atomic E-state index is 12.5. The second-order valence-electron chi connectivity index (χ2n) is 6.72. The van der Waals surface area contributed by atoms with E-state index in [0.717, 1.165) is 32.2 Å². The lowest BCUT2D eigenvalue weighted by Gasteiger charge is -2.38. The maximum Gasteiger partial charge on any atom is 0.246 e. The number of piperazine rings is 1. The Morgan fingerprint density at radius 1 is 1.39 bits per heavy atom. The van der Waals surface area contributed by atoms with Crippen molar-refractivity contribution >= 4 is 56.4 Å². The number of hydrogen-bond acceptors (Lipinski definition) is 5. The highest BCUT2D eigenvalue weighted by Gasteiger charge is 2.28. The van der Waals surface area contributed by atoms with Crippen molar-refractivity contribution in [1.29, 1.82) is 0 Å². The van der Waals surface area contributed by atoms with Gasteiger partial charge in [-0.3, -0.25) is 14.7 Å². The Kier molecular flexibility index (Phi) is 5.70. The molecule has 0 aliphatic carbocycles. The van der Waals surface area contributed by atoms with E-state index in [-0.39, 0.29) is 11.9 Å². The number of H-pyrrole nitrogens is 1. The van der Waals surface area contributed by atoms with Crippen molar-refractivity contribution in [3.8, 4) is 0 Å². The lowest BCUT2D eigenvalue weighted by Crippen LogP contribution is -2.54. The highest BCUT2D eigenvalue weighted by atomic mass is 79.9. The van der Waals surface area contributed by atoms with E-state index >= 15 is 0 Å². The SMILES string of the molecule is O=CC1CN(C(=O)/C=C/c2cc(Br)cs2)CCN1Cc1cc2cnccc2[nH]1. The molecule has 0 spiro atoms. The number of nitrogens with zero attached hydrogens (tertiary/aromatic N) is 3. The molecular formula is C20H19BrN4O2S. The van der Waals surface area contributed by atoms with Crippen LogP contribution in [0.25, 0.3) is 17.0 Å². The molecule has 1 aliphatic rings. The number of fused-ring (bicyclic) bond motifs is 1. The second kappa shape index (κ2) is 8.38. The van der Waals surface area contributed by atoms with Gasteiger partial charge in [-0.25, -0.2) is 0 Å². The number of thiophene rings is 1. The number of carbonyl (C=O) groups excluding carboxylic acids is 2. The van der Waals surface area contributed by atoms with Crippen molar-refractivity contribution < 1.29 is 9.59 Å². The van der Waals surface area contributed by atoms with Crippen LogP contribution in [0.1, 0.15) is 10.6 Å². The van der Waals surface area contributed by atoms with Crippen LogP contribution >= 0.6 is 27.3 Å². The van der Waals surface area contributed by atoms with Crippen LogP contribution in [-0.4, -0.2) is 57.6 Å². The van der Waals surface area contributed by atoms with Crippen LogP contribution < -0.4 is 0 Å². The Morgan fingerprint density at radius 3 is 3.04 bits per heavy atom. The molecule has 144 valence electrons. The summed E-state index contributed by atoms with van der Waals surface area (Å²) in [7, 11) is 0. The van der Waals surface area contributed by atoms with Crippen molar-refractivity contribution in [3.05, 3.63) is 57.1 Å². The number of pyridine rings is 1. The number of rotatable bonds is 5. The van der Waals surface area contributed by atoms with Gasteiger partial charge in [-0.05, 0) is 40.2 Å². The number of nitrogens with one attached hydrogen (secondary N) is 1. The third-order valence-electron chi connectivity index (χ3n) is 4.83. The van der Waals surface area contributed by atoms with Gasteiger partial charge in [-0.1, -0.05) is 0 Å². The standard InChI is InChI=1S/C20H19BrN4O2S/c21-15-8-18(28-13-15)1-2-20(27)25-6-5-24(17(11-25)12-26)10-16-7-14-9-22-4-3-19(14)23-16/h1-4,7-9,12-13,17,23H,5-6,10-11H2/b2-1+. The molecule has 1 amide bonds. The number of amides is 1. The maximum atomic E-state index is 12.5. The smallest absolute Gasteiger partial charge is 0.246 e. The van der Waals surface area contributed by atoms with Crippen LogP contribution in [0, 0.1) is 0 Å². The zero-order valence-corrected chi connectivity index (χ0v) is 17.4. The average Bonchev–Trinajstić information content (AvgIpc) is 3.31. The van der Waals surface area contributed by atoms with Crippen LogP contribution in [-0.2, 0) is 16.1 Å². The van der Waals surface area contributed by atoms with E-state index in [2.05, 4.69) is 36.9 Å². The molecule has 8 heteroatoms. The largest absolute Gasteiger partial charge is 0.357 e. The molecule has 0 bridgehead atoms. The lowest BCUT2D eigenvalue weighted by atomic mass is 10.1. The summed E-state index contributed by atoms with van der Waals surface area (Å²) in [5.74, 6) is -0.0623. The summed E-state index contributed by atoms with van der Waals surface area (Å²) >= 11 is 4.98. The third kappa shape index (κ3) is 4.24. The number of aromatic nitrogens is 2. The van der Waals surface area contributed by atoms with Gasteiger partial charge in [0, 0.05) is 76.0 Å². The van der Waals surface area contributed by atoms with Crippen LogP contribution in [0.4, 0.5) is 0 Å². The predicted octanol–water partition coefficient (Wildman–Crippen LogP) is 3.31. The van der Waals surface area contributed by atoms with Crippen LogP contribution in [0.2, 0.25) is 0 Å². The first-order valence-electron chi connectivity index (χ1n) is 8.94. The zero-order valence-electron chi connectivity index (χ0n) is 15.0. The quantitative estimate of drug-likeness (QED) is 0.470. The van der Waals surface area contributed by atoms with Crippen molar-refractivity contribution in [2.24, 2.45) is 0 Å². The van der Waals surface area contributed by atoms with Gasteiger partial charge < -0.3 is 14.7 Å². The molecule has 1 N–H and O–H groups in total. The number of aldehydes is 1. The molecule has 4 heterocycles. The molecule has 0 aromatic carbocycles. The normalized spacial score (nSPS) is 18.2. The lowest BCUT2D eigenvalue weighted by molar-refractivity contribution is -0.130.